The maximum atomic E-state index is 12.9. The first-order chi connectivity index (χ1) is 22.2. The number of nitrogens with zero attached hydrogens (tertiary/aromatic N) is 1. The van der Waals surface area contributed by atoms with Gasteiger partial charge < -0.3 is 49.0 Å². The number of aliphatic hydroxyl groups excluding tert-OH is 2. The number of rotatable bonds is 13. The maximum Gasteiger partial charge on any atom is 0.483 e. The number of ether oxygens (including phenoxy) is 5. The first-order valence-electron chi connectivity index (χ1n) is 13.6. The van der Waals surface area contributed by atoms with Gasteiger partial charge in [-0.3, -0.25) is 42.6 Å². The molecule has 0 saturated carbocycles. The number of esters is 3. The van der Waals surface area contributed by atoms with Gasteiger partial charge in [-0.25, -0.2) is 13.9 Å². The number of nitrogens with one attached hydrogen (secondary N) is 2. The summed E-state index contributed by atoms with van der Waals surface area (Å²) >= 11 is 0. The predicted molar refractivity (Wildman–Crippen MR) is 149 cm³/mol. The van der Waals surface area contributed by atoms with Crippen molar-refractivity contribution in [2.75, 3.05) is 13.2 Å². The summed E-state index contributed by atoms with van der Waals surface area (Å²) in [4.78, 5) is 93.1. The number of carbonyl (C=O) groups excluding carboxylic acids is 4. The molecular weight excluding hydrogens is 700 g/mol. The molecule has 270 valence electrons. The summed E-state index contributed by atoms with van der Waals surface area (Å²) in [6, 6.07) is -0.845. The first kappa shape index (κ1) is 39.1. The van der Waals surface area contributed by atoms with Gasteiger partial charge in [0.1, 0.15) is 37.1 Å². The topological polar surface area (TPSA) is 324 Å². The van der Waals surface area contributed by atoms with E-state index in [1.807, 2.05) is 4.98 Å². The molecule has 2 aliphatic rings. The fraction of sp³-hybridized carbons (Fsp3) is 0.652. The Balaban J connectivity index is 1.79. The minimum Gasteiger partial charge on any atom is -0.463 e. The molecule has 1 amide bonds. The third kappa shape index (κ3) is 10.6. The first-order valence-corrected chi connectivity index (χ1v) is 16.6. The summed E-state index contributed by atoms with van der Waals surface area (Å²) in [5, 5.41) is 22.9. The number of aromatic nitrogens is 2. The highest BCUT2D eigenvalue weighted by Gasteiger charge is 2.54. The monoisotopic (exact) mass is 733 g/mol. The highest BCUT2D eigenvalue weighted by molar-refractivity contribution is 7.61. The molecule has 2 unspecified atom stereocenters. The zero-order valence-electron chi connectivity index (χ0n) is 25.4. The van der Waals surface area contributed by atoms with Gasteiger partial charge in [0.15, 0.2) is 24.7 Å². The van der Waals surface area contributed by atoms with E-state index in [1.165, 1.54) is 0 Å². The molecule has 25 heteroatoms. The normalized spacial score (nSPS) is 31.1. The van der Waals surface area contributed by atoms with Crippen molar-refractivity contribution in [2.24, 2.45) is 0 Å². The van der Waals surface area contributed by atoms with Gasteiger partial charge in [0.2, 0.25) is 5.91 Å². The lowest BCUT2D eigenvalue weighted by molar-refractivity contribution is -0.259. The van der Waals surface area contributed by atoms with Crippen LogP contribution in [0.1, 0.15) is 33.9 Å². The molecule has 23 nitrogen and oxygen atoms in total. The fourth-order valence-corrected chi connectivity index (χ4v) is 6.74. The molecule has 2 saturated heterocycles. The van der Waals surface area contributed by atoms with Crippen LogP contribution in [0.3, 0.4) is 0 Å². The van der Waals surface area contributed by atoms with Crippen LogP contribution in [0, 0.1) is 0 Å². The molecule has 1 aromatic rings. The van der Waals surface area contributed by atoms with E-state index in [4.69, 9.17) is 28.2 Å². The highest BCUT2D eigenvalue weighted by Crippen LogP contribution is 2.61. The van der Waals surface area contributed by atoms with Crippen LogP contribution in [0.5, 0.6) is 0 Å². The molecule has 2 fully saturated rings. The molecule has 48 heavy (non-hydrogen) atoms. The summed E-state index contributed by atoms with van der Waals surface area (Å²) in [6.45, 7) is 2.10. The number of H-pyrrole nitrogens is 1. The number of amides is 1. The lowest BCUT2D eigenvalue weighted by Gasteiger charge is -2.44. The van der Waals surface area contributed by atoms with E-state index in [1.54, 1.807) is 0 Å². The van der Waals surface area contributed by atoms with Crippen LogP contribution in [0.4, 0.5) is 0 Å². The number of phosphoric ester groups is 2. The van der Waals surface area contributed by atoms with Gasteiger partial charge >= 0.3 is 39.2 Å². The number of aromatic amines is 1. The van der Waals surface area contributed by atoms with Crippen LogP contribution < -0.4 is 16.6 Å². The second kappa shape index (κ2) is 15.9. The van der Waals surface area contributed by atoms with Crippen molar-refractivity contribution in [3.05, 3.63) is 33.1 Å². The van der Waals surface area contributed by atoms with Crippen LogP contribution in [0.2, 0.25) is 0 Å². The number of hydrogen-bond acceptors (Lipinski definition) is 18. The number of phosphoric acid groups is 2. The molecular formula is C23H33N3O20P2. The van der Waals surface area contributed by atoms with Gasteiger partial charge in [0.25, 0.3) is 5.56 Å². The molecule has 2 aliphatic heterocycles. The van der Waals surface area contributed by atoms with Crippen molar-refractivity contribution >= 4 is 39.5 Å². The molecule has 3 rings (SSSR count). The Labute approximate surface area is 269 Å². The molecule has 0 bridgehead atoms. The van der Waals surface area contributed by atoms with E-state index < -0.39 is 119 Å². The van der Waals surface area contributed by atoms with Gasteiger partial charge in [-0.15, -0.1) is 0 Å². The average Bonchev–Trinajstić information content (AvgIpc) is 3.21. The Morgan fingerprint density at radius 3 is 2.08 bits per heavy atom. The molecule has 0 spiro atoms. The van der Waals surface area contributed by atoms with Crippen LogP contribution in [-0.2, 0) is 65.4 Å². The van der Waals surface area contributed by atoms with Gasteiger partial charge in [0, 0.05) is 40.0 Å². The van der Waals surface area contributed by atoms with E-state index in [0.717, 1.165) is 40.0 Å². The van der Waals surface area contributed by atoms with Crippen LogP contribution in [0.15, 0.2) is 21.9 Å². The quantitative estimate of drug-likeness (QED) is 0.0671. The summed E-state index contributed by atoms with van der Waals surface area (Å²) in [5.74, 6) is -3.63. The van der Waals surface area contributed by atoms with Crippen molar-refractivity contribution in [2.45, 2.75) is 82.9 Å². The van der Waals surface area contributed by atoms with E-state index in [-0.39, 0.29) is 0 Å². The zero-order chi connectivity index (χ0) is 36.1. The van der Waals surface area contributed by atoms with Crippen molar-refractivity contribution in [3.63, 3.8) is 0 Å². The van der Waals surface area contributed by atoms with Gasteiger partial charge in [-0.2, -0.15) is 4.31 Å². The van der Waals surface area contributed by atoms with Gasteiger partial charge in [0.05, 0.1) is 6.61 Å². The second-order valence-corrected chi connectivity index (χ2v) is 13.2. The van der Waals surface area contributed by atoms with E-state index in [9.17, 15) is 57.9 Å². The summed E-state index contributed by atoms with van der Waals surface area (Å²) in [6.07, 6.45) is -13.0. The van der Waals surface area contributed by atoms with Gasteiger partial charge in [-0.1, -0.05) is 0 Å². The van der Waals surface area contributed by atoms with Crippen molar-refractivity contribution in [1.82, 2.24) is 14.9 Å². The Morgan fingerprint density at radius 2 is 1.52 bits per heavy atom. The Hall–Kier alpha value is -3.34. The number of carbonyl (C=O) groups is 4. The molecule has 0 aliphatic carbocycles. The minimum absolute atomic E-state index is 0.708. The zero-order valence-corrected chi connectivity index (χ0v) is 27.2. The highest BCUT2D eigenvalue weighted by atomic mass is 31.3. The van der Waals surface area contributed by atoms with Crippen molar-refractivity contribution in [1.29, 1.82) is 0 Å². The van der Waals surface area contributed by atoms with Crippen LogP contribution in [-0.4, -0.2) is 116 Å². The van der Waals surface area contributed by atoms with Crippen molar-refractivity contribution in [3.8, 4) is 0 Å². The van der Waals surface area contributed by atoms with E-state index in [0.29, 0.717) is 4.57 Å². The fourth-order valence-electron chi connectivity index (χ4n) is 4.58. The standard InChI is InChI=1S/C23H33N3O20P2/c1-9(27)24-16-20(42-12(4)30)19(41-11(3)29)14(7-39-10(2)28)44-22(16)45-48(37,38)46-47(35,36)40-8-13-17(32)18(33)21(43-13)26-6-5-15(31)25-23(26)34/h5-6,13-14,16-22,32-33H,7-8H2,1-4H3,(H,24,27)(H,35,36)(H,37,38)(H,25,31,34)/t13-,14-,16-,17-,18-,19-,20-,21-,22+/m1/s1. The Bertz CT molecular complexity index is 1580. The third-order valence-electron chi connectivity index (χ3n) is 6.38. The SMILES string of the molecule is CC(=O)N[C@H]1[C@H](OP(=O)(O)OP(=O)(O)OC[C@H]2O[C@@H](n3ccc(=O)[nH]c3=O)[C@H](O)[C@@H]2O)O[C@H](COC(C)=O)[C@@H](OC(C)=O)[C@@H]1OC(C)=O. The van der Waals surface area contributed by atoms with Crippen molar-refractivity contribution < 1.29 is 85.4 Å². The van der Waals surface area contributed by atoms with E-state index in [2.05, 4.69) is 14.2 Å². The largest absolute Gasteiger partial charge is 0.483 e. The molecule has 1 aromatic heterocycles. The minimum atomic E-state index is -5.80. The molecule has 6 N–H and O–H groups in total. The van der Waals surface area contributed by atoms with E-state index >= 15 is 0 Å². The average molecular weight is 733 g/mol. The molecule has 0 radical (unpaired) electrons. The molecule has 3 heterocycles. The summed E-state index contributed by atoms with van der Waals surface area (Å²) in [7, 11) is -11.4. The molecule has 11 atom stereocenters. The number of hydrogen-bond donors (Lipinski definition) is 6. The predicted octanol–water partition coefficient (Wildman–Crippen LogP) is -2.94. The smallest absolute Gasteiger partial charge is 0.463 e. The molecule has 0 aromatic carbocycles. The number of aliphatic hydroxyl groups is 2. The lowest BCUT2D eigenvalue weighted by atomic mass is 9.96. The van der Waals surface area contributed by atoms with Crippen LogP contribution in [0.25, 0.3) is 0 Å². The van der Waals surface area contributed by atoms with Crippen LogP contribution >= 0.6 is 15.6 Å². The van der Waals surface area contributed by atoms with Gasteiger partial charge in [-0.05, 0) is 0 Å². The Kier molecular flexibility index (Phi) is 13.0. The second-order valence-electron chi connectivity index (χ2n) is 10.2. The summed E-state index contributed by atoms with van der Waals surface area (Å²) in [5.41, 5.74) is -1.80. The lowest BCUT2D eigenvalue weighted by Crippen LogP contribution is -2.66. The summed E-state index contributed by atoms with van der Waals surface area (Å²) < 4.78 is 66.3. The Morgan fingerprint density at radius 1 is 0.896 bits per heavy atom. The maximum absolute atomic E-state index is 12.9. The third-order valence-corrected chi connectivity index (χ3v) is 8.98.